The Balaban J connectivity index is 1.72. The number of aryl methyl sites for hydroxylation is 1. The van der Waals surface area contributed by atoms with Crippen molar-refractivity contribution in [1.29, 1.82) is 0 Å². The Hall–Kier alpha value is -1.79. The Labute approximate surface area is 110 Å². The van der Waals surface area contributed by atoms with Crippen LogP contribution in [0.3, 0.4) is 0 Å². The van der Waals surface area contributed by atoms with E-state index < -0.39 is 0 Å². The molecule has 6 nitrogen and oxygen atoms in total. The molecule has 1 fully saturated rings. The van der Waals surface area contributed by atoms with Crippen LogP contribution < -0.4 is 16.4 Å². The van der Waals surface area contributed by atoms with Gasteiger partial charge in [-0.1, -0.05) is 0 Å². The predicted octanol–water partition coefficient (Wildman–Crippen LogP) is 0.532. The van der Waals surface area contributed by atoms with E-state index in [9.17, 15) is 4.79 Å². The van der Waals surface area contributed by atoms with Crippen molar-refractivity contribution in [1.82, 2.24) is 9.88 Å². The maximum absolute atomic E-state index is 11.4. The normalized spacial score (nSPS) is 19.7. The van der Waals surface area contributed by atoms with Gasteiger partial charge in [0.1, 0.15) is 0 Å². The molecule has 1 aromatic carbocycles. The zero-order valence-corrected chi connectivity index (χ0v) is 10.8. The third-order valence-corrected chi connectivity index (χ3v) is 3.34. The molecule has 1 saturated heterocycles. The van der Waals surface area contributed by atoms with Gasteiger partial charge in [-0.15, -0.1) is 0 Å². The summed E-state index contributed by atoms with van der Waals surface area (Å²) in [5.74, 6) is -0.338. The number of anilines is 1. The Morgan fingerprint density at radius 1 is 1.53 bits per heavy atom. The summed E-state index contributed by atoms with van der Waals surface area (Å²) in [5, 5.41) is 6.70. The molecular weight excluding hydrogens is 246 g/mol. The number of hydrogen-bond acceptors (Lipinski definition) is 5. The van der Waals surface area contributed by atoms with Crippen molar-refractivity contribution in [2.75, 3.05) is 31.6 Å². The number of hydrogen-bond donors (Lipinski definition) is 2. The van der Waals surface area contributed by atoms with Crippen LogP contribution >= 0.6 is 0 Å². The fourth-order valence-electron chi connectivity index (χ4n) is 2.24. The van der Waals surface area contributed by atoms with E-state index in [-0.39, 0.29) is 5.76 Å². The highest BCUT2D eigenvalue weighted by Crippen LogP contribution is 2.17. The minimum absolute atomic E-state index is 0.312. The summed E-state index contributed by atoms with van der Waals surface area (Å²) >= 11 is 0. The number of rotatable bonds is 3. The van der Waals surface area contributed by atoms with Gasteiger partial charge in [0, 0.05) is 37.9 Å². The molecule has 1 aromatic heterocycles. The van der Waals surface area contributed by atoms with Crippen LogP contribution in [-0.2, 0) is 11.8 Å². The van der Waals surface area contributed by atoms with Gasteiger partial charge in [-0.05, 0) is 12.1 Å². The van der Waals surface area contributed by atoms with Gasteiger partial charge < -0.3 is 19.8 Å². The second kappa shape index (κ2) is 5.07. The zero-order chi connectivity index (χ0) is 13.2. The number of ether oxygens (including phenoxy) is 1. The van der Waals surface area contributed by atoms with Crippen molar-refractivity contribution in [3.63, 3.8) is 0 Å². The lowest BCUT2D eigenvalue weighted by atomic mass is 10.2. The van der Waals surface area contributed by atoms with E-state index in [1.807, 2.05) is 18.2 Å². The third-order valence-electron chi connectivity index (χ3n) is 3.34. The Bertz CT molecular complexity index is 626. The Kier molecular flexibility index (Phi) is 3.27. The van der Waals surface area contributed by atoms with Crippen LogP contribution in [0, 0.1) is 0 Å². The molecule has 0 aliphatic carbocycles. The van der Waals surface area contributed by atoms with Crippen molar-refractivity contribution in [3.8, 4) is 0 Å². The second-order valence-corrected chi connectivity index (χ2v) is 4.72. The van der Waals surface area contributed by atoms with Crippen molar-refractivity contribution in [2.24, 2.45) is 7.05 Å². The number of oxazole rings is 1. The van der Waals surface area contributed by atoms with E-state index in [1.165, 1.54) is 4.57 Å². The van der Waals surface area contributed by atoms with E-state index in [0.717, 1.165) is 37.5 Å². The number of nitrogens with one attached hydrogen (secondary N) is 2. The molecule has 102 valence electrons. The molecule has 6 heteroatoms. The van der Waals surface area contributed by atoms with E-state index in [0.29, 0.717) is 11.6 Å². The molecule has 19 heavy (non-hydrogen) atoms. The van der Waals surface area contributed by atoms with Crippen LogP contribution in [-0.4, -0.2) is 36.9 Å². The number of morpholine rings is 1. The van der Waals surface area contributed by atoms with Crippen LogP contribution in [0.15, 0.2) is 27.4 Å². The molecule has 1 atom stereocenters. The number of fused-ring (bicyclic) bond motifs is 1. The summed E-state index contributed by atoms with van der Waals surface area (Å²) in [7, 11) is 1.70. The average molecular weight is 263 g/mol. The summed E-state index contributed by atoms with van der Waals surface area (Å²) in [6.07, 6.45) is 0. The molecule has 0 radical (unpaired) electrons. The van der Waals surface area contributed by atoms with Gasteiger partial charge in [0.05, 0.1) is 18.7 Å². The number of aromatic nitrogens is 1. The molecule has 3 rings (SSSR count). The van der Waals surface area contributed by atoms with Gasteiger partial charge in [-0.25, -0.2) is 4.79 Å². The summed E-state index contributed by atoms with van der Waals surface area (Å²) < 4.78 is 12.0. The number of nitrogens with zero attached hydrogens (tertiary/aromatic N) is 1. The lowest BCUT2D eigenvalue weighted by Crippen LogP contribution is -2.45. The molecule has 0 bridgehead atoms. The summed E-state index contributed by atoms with van der Waals surface area (Å²) in [5.41, 5.74) is 2.34. The quantitative estimate of drug-likeness (QED) is 0.845. The third kappa shape index (κ3) is 2.50. The van der Waals surface area contributed by atoms with Gasteiger partial charge >= 0.3 is 5.76 Å². The second-order valence-electron chi connectivity index (χ2n) is 4.72. The van der Waals surface area contributed by atoms with E-state index in [2.05, 4.69) is 10.6 Å². The fraction of sp³-hybridized carbons (Fsp3) is 0.462. The summed E-state index contributed by atoms with van der Waals surface area (Å²) in [6, 6.07) is 5.99. The van der Waals surface area contributed by atoms with Crippen LogP contribution in [0.1, 0.15) is 0 Å². The monoisotopic (exact) mass is 263 g/mol. The summed E-state index contributed by atoms with van der Waals surface area (Å²) in [6.45, 7) is 3.16. The SMILES string of the molecule is Cn1c(=O)oc2cc(NCC3COCCN3)ccc21. The summed E-state index contributed by atoms with van der Waals surface area (Å²) in [4.78, 5) is 11.4. The first kappa shape index (κ1) is 12.3. The smallest absolute Gasteiger partial charge is 0.408 e. The van der Waals surface area contributed by atoms with E-state index in [1.54, 1.807) is 7.05 Å². The molecule has 2 heterocycles. The maximum atomic E-state index is 11.4. The first-order valence-corrected chi connectivity index (χ1v) is 6.38. The molecular formula is C13H17N3O3. The highest BCUT2D eigenvalue weighted by molar-refractivity contribution is 5.77. The van der Waals surface area contributed by atoms with Crippen molar-refractivity contribution >= 4 is 16.8 Å². The average Bonchev–Trinajstić information content (AvgIpc) is 2.73. The van der Waals surface area contributed by atoms with Crippen LogP contribution in [0.4, 0.5) is 5.69 Å². The standard InChI is InChI=1S/C13H17N3O3/c1-16-11-3-2-9(6-12(11)19-13(16)17)15-7-10-8-18-5-4-14-10/h2-3,6,10,14-15H,4-5,7-8H2,1H3. The first-order chi connectivity index (χ1) is 9.24. The molecule has 0 saturated carbocycles. The van der Waals surface area contributed by atoms with Gasteiger partial charge in [-0.3, -0.25) is 4.57 Å². The topological polar surface area (TPSA) is 68.4 Å². The first-order valence-electron chi connectivity index (χ1n) is 6.38. The van der Waals surface area contributed by atoms with Gasteiger partial charge in [0.25, 0.3) is 0 Å². The highest BCUT2D eigenvalue weighted by atomic mass is 16.5. The molecule has 0 amide bonds. The zero-order valence-electron chi connectivity index (χ0n) is 10.8. The molecule has 1 unspecified atom stereocenters. The van der Waals surface area contributed by atoms with Gasteiger partial charge in [0.15, 0.2) is 5.58 Å². The lowest BCUT2D eigenvalue weighted by molar-refractivity contribution is 0.0806. The number of benzene rings is 1. The van der Waals surface area contributed by atoms with Gasteiger partial charge in [0.2, 0.25) is 0 Å². The van der Waals surface area contributed by atoms with Crippen molar-refractivity contribution in [2.45, 2.75) is 6.04 Å². The molecule has 0 spiro atoms. The predicted molar refractivity (Wildman–Crippen MR) is 72.6 cm³/mol. The van der Waals surface area contributed by atoms with Crippen LogP contribution in [0.25, 0.3) is 11.1 Å². The van der Waals surface area contributed by atoms with Crippen LogP contribution in [0.5, 0.6) is 0 Å². The minimum Gasteiger partial charge on any atom is -0.408 e. The maximum Gasteiger partial charge on any atom is 0.419 e. The van der Waals surface area contributed by atoms with E-state index in [4.69, 9.17) is 9.15 Å². The van der Waals surface area contributed by atoms with Crippen molar-refractivity contribution in [3.05, 3.63) is 28.7 Å². The van der Waals surface area contributed by atoms with Gasteiger partial charge in [-0.2, -0.15) is 0 Å². The Morgan fingerprint density at radius 2 is 2.42 bits per heavy atom. The lowest BCUT2D eigenvalue weighted by Gasteiger charge is -2.24. The molecule has 1 aliphatic rings. The van der Waals surface area contributed by atoms with E-state index >= 15 is 0 Å². The van der Waals surface area contributed by atoms with Crippen LogP contribution in [0.2, 0.25) is 0 Å². The largest absolute Gasteiger partial charge is 0.419 e. The molecule has 2 aromatic rings. The minimum atomic E-state index is -0.338. The molecule has 2 N–H and O–H groups in total. The Morgan fingerprint density at radius 3 is 3.21 bits per heavy atom. The highest BCUT2D eigenvalue weighted by Gasteiger charge is 2.12. The fourth-order valence-corrected chi connectivity index (χ4v) is 2.24. The van der Waals surface area contributed by atoms with Crippen molar-refractivity contribution < 1.29 is 9.15 Å². The molecule has 1 aliphatic heterocycles.